The van der Waals surface area contributed by atoms with Crippen LogP contribution in [0.2, 0.25) is 0 Å². The number of hydrogen-bond acceptors (Lipinski definition) is 6. The molecule has 3 rings (SSSR count). The number of rotatable bonds is 6. The van der Waals surface area contributed by atoms with Gasteiger partial charge in [0.05, 0.1) is 5.75 Å². The molecule has 0 radical (unpaired) electrons. The number of benzene rings is 2. The second kappa shape index (κ2) is 8.71. The fraction of sp³-hybridized carbons (Fsp3) is 0.200. The summed E-state index contributed by atoms with van der Waals surface area (Å²) in [4.78, 5) is 25.5. The molecule has 0 unspecified atom stereocenters. The molecular formula is C20H20N4O3S. The van der Waals surface area contributed by atoms with E-state index in [1.165, 1.54) is 16.7 Å². The molecule has 0 bridgehead atoms. The lowest BCUT2D eigenvalue weighted by Crippen LogP contribution is -2.21. The smallest absolute Gasteiger partial charge is 0.277 e. The number of nitrogens with zero attached hydrogens (tertiary/aromatic N) is 3. The maximum Gasteiger partial charge on any atom is 0.277 e. The number of aryl methyl sites for hydroxylation is 1. The molecule has 0 atom stereocenters. The first-order valence-corrected chi connectivity index (χ1v) is 9.56. The van der Waals surface area contributed by atoms with Gasteiger partial charge in [-0.2, -0.15) is 0 Å². The monoisotopic (exact) mass is 396 g/mol. The normalized spacial score (nSPS) is 10.5. The topological polar surface area (TPSA) is 88.3 Å². The van der Waals surface area contributed by atoms with Crippen LogP contribution in [0.1, 0.15) is 15.9 Å². The van der Waals surface area contributed by atoms with Gasteiger partial charge in [-0.3, -0.25) is 9.59 Å². The Balaban J connectivity index is 1.54. The van der Waals surface area contributed by atoms with Crippen molar-refractivity contribution in [3.8, 4) is 11.5 Å². The molecule has 8 heteroatoms. The van der Waals surface area contributed by atoms with Crippen molar-refractivity contribution in [1.82, 2.24) is 15.1 Å². The Hall–Kier alpha value is -3.13. The van der Waals surface area contributed by atoms with E-state index in [2.05, 4.69) is 15.5 Å². The summed E-state index contributed by atoms with van der Waals surface area (Å²) < 4.78 is 5.61. The highest BCUT2D eigenvalue weighted by atomic mass is 32.2. The van der Waals surface area contributed by atoms with Gasteiger partial charge in [0.2, 0.25) is 11.8 Å². The minimum Gasteiger partial charge on any atom is -0.411 e. The van der Waals surface area contributed by atoms with Gasteiger partial charge < -0.3 is 14.6 Å². The lowest BCUT2D eigenvalue weighted by atomic mass is 10.1. The van der Waals surface area contributed by atoms with Crippen LogP contribution in [0.5, 0.6) is 0 Å². The molecule has 3 aromatic rings. The van der Waals surface area contributed by atoms with Gasteiger partial charge in [-0.15, -0.1) is 10.2 Å². The first-order chi connectivity index (χ1) is 13.4. The molecule has 0 aliphatic carbocycles. The molecule has 0 fully saturated rings. The van der Waals surface area contributed by atoms with E-state index < -0.39 is 0 Å². The Bertz CT molecular complexity index is 983. The van der Waals surface area contributed by atoms with Crippen molar-refractivity contribution in [1.29, 1.82) is 0 Å². The van der Waals surface area contributed by atoms with Gasteiger partial charge in [-0.1, -0.05) is 29.5 Å². The van der Waals surface area contributed by atoms with Crippen molar-refractivity contribution in [2.45, 2.75) is 12.1 Å². The standard InChI is InChI=1S/C20H20N4O3S/c1-13-5-4-6-15(11-13)18-22-23-20(27-18)28-12-17(25)21-16-9-7-14(8-10-16)19(26)24(2)3/h4-11H,12H2,1-3H3,(H,21,25). The quantitative estimate of drug-likeness (QED) is 0.642. The van der Waals surface area contributed by atoms with Crippen LogP contribution in [0, 0.1) is 6.92 Å². The Morgan fingerprint density at radius 3 is 2.54 bits per heavy atom. The number of carbonyl (C=O) groups is 2. The molecule has 1 heterocycles. The zero-order valence-electron chi connectivity index (χ0n) is 15.8. The summed E-state index contributed by atoms with van der Waals surface area (Å²) in [7, 11) is 3.38. The molecule has 0 aliphatic heterocycles. The van der Waals surface area contributed by atoms with Gasteiger partial charge in [-0.05, 0) is 43.3 Å². The van der Waals surface area contributed by atoms with Crippen LogP contribution in [0.25, 0.3) is 11.5 Å². The number of thioether (sulfide) groups is 1. The highest BCUT2D eigenvalue weighted by Gasteiger charge is 2.12. The van der Waals surface area contributed by atoms with Crippen LogP contribution in [-0.2, 0) is 4.79 Å². The van der Waals surface area contributed by atoms with E-state index in [0.717, 1.165) is 11.1 Å². The van der Waals surface area contributed by atoms with Crippen molar-refractivity contribution in [3.05, 3.63) is 59.7 Å². The number of nitrogens with one attached hydrogen (secondary N) is 1. The summed E-state index contributed by atoms with van der Waals surface area (Å²) in [5.74, 6) is 0.266. The highest BCUT2D eigenvalue weighted by molar-refractivity contribution is 7.99. The molecule has 144 valence electrons. The summed E-state index contributed by atoms with van der Waals surface area (Å²) in [6.07, 6.45) is 0. The van der Waals surface area contributed by atoms with E-state index in [4.69, 9.17) is 4.42 Å². The number of amides is 2. The molecule has 1 N–H and O–H groups in total. The van der Waals surface area contributed by atoms with E-state index >= 15 is 0 Å². The van der Waals surface area contributed by atoms with Crippen LogP contribution in [0.4, 0.5) is 5.69 Å². The first-order valence-electron chi connectivity index (χ1n) is 8.57. The van der Waals surface area contributed by atoms with Gasteiger partial charge >= 0.3 is 0 Å². The predicted molar refractivity (Wildman–Crippen MR) is 108 cm³/mol. The molecule has 2 amide bonds. The van der Waals surface area contributed by atoms with E-state index in [9.17, 15) is 9.59 Å². The maximum atomic E-state index is 12.1. The Kier molecular flexibility index (Phi) is 6.10. The van der Waals surface area contributed by atoms with Crippen LogP contribution in [0.15, 0.2) is 58.2 Å². The Morgan fingerprint density at radius 1 is 1.11 bits per heavy atom. The average molecular weight is 396 g/mol. The minimum absolute atomic E-state index is 0.0887. The van der Waals surface area contributed by atoms with Crippen LogP contribution >= 0.6 is 11.8 Å². The van der Waals surface area contributed by atoms with E-state index in [-0.39, 0.29) is 17.6 Å². The van der Waals surface area contributed by atoms with E-state index in [0.29, 0.717) is 22.4 Å². The highest BCUT2D eigenvalue weighted by Crippen LogP contribution is 2.24. The molecule has 28 heavy (non-hydrogen) atoms. The Morgan fingerprint density at radius 2 is 1.86 bits per heavy atom. The number of carbonyl (C=O) groups excluding carboxylic acids is 2. The number of anilines is 1. The largest absolute Gasteiger partial charge is 0.411 e. The molecule has 2 aromatic carbocycles. The van der Waals surface area contributed by atoms with Gasteiger partial charge in [0.15, 0.2) is 0 Å². The van der Waals surface area contributed by atoms with Crippen LogP contribution in [0.3, 0.4) is 0 Å². The van der Waals surface area contributed by atoms with Crippen molar-refractivity contribution < 1.29 is 14.0 Å². The van der Waals surface area contributed by atoms with Crippen molar-refractivity contribution in [2.75, 3.05) is 25.2 Å². The maximum absolute atomic E-state index is 12.1. The summed E-state index contributed by atoms with van der Waals surface area (Å²) >= 11 is 1.17. The Labute approximate surface area is 167 Å². The van der Waals surface area contributed by atoms with Crippen LogP contribution in [-0.4, -0.2) is 46.8 Å². The minimum atomic E-state index is -0.202. The lowest BCUT2D eigenvalue weighted by Gasteiger charge is -2.10. The molecule has 0 aliphatic rings. The van der Waals surface area contributed by atoms with E-state index in [1.807, 2.05) is 31.2 Å². The zero-order valence-corrected chi connectivity index (χ0v) is 16.6. The molecular weight excluding hydrogens is 376 g/mol. The van der Waals surface area contributed by atoms with Gasteiger partial charge in [0.1, 0.15) is 0 Å². The second-order valence-corrected chi connectivity index (χ2v) is 7.28. The van der Waals surface area contributed by atoms with E-state index in [1.54, 1.807) is 38.4 Å². The SMILES string of the molecule is Cc1cccc(-c2nnc(SCC(=O)Nc3ccc(C(=O)N(C)C)cc3)o2)c1. The zero-order chi connectivity index (χ0) is 20.1. The number of aromatic nitrogens is 2. The number of hydrogen-bond donors (Lipinski definition) is 1. The van der Waals surface area contributed by atoms with Crippen LogP contribution < -0.4 is 5.32 Å². The molecule has 1 aromatic heterocycles. The third-order valence-corrected chi connectivity index (χ3v) is 4.64. The molecule has 0 saturated heterocycles. The second-order valence-electron chi connectivity index (χ2n) is 6.36. The lowest BCUT2D eigenvalue weighted by molar-refractivity contribution is -0.113. The van der Waals surface area contributed by atoms with Crippen molar-refractivity contribution in [2.24, 2.45) is 0 Å². The van der Waals surface area contributed by atoms with Gasteiger partial charge in [0, 0.05) is 30.9 Å². The summed E-state index contributed by atoms with van der Waals surface area (Å²) in [6, 6.07) is 14.5. The first kappa shape index (κ1) is 19.6. The third-order valence-electron chi connectivity index (χ3n) is 3.82. The third kappa shape index (κ3) is 4.98. The fourth-order valence-electron chi connectivity index (χ4n) is 2.44. The predicted octanol–water partition coefficient (Wildman–Crippen LogP) is 3.48. The van der Waals surface area contributed by atoms with Gasteiger partial charge in [0.25, 0.3) is 11.1 Å². The summed E-state index contributed by atoms with van der Waals surface area (Å²) in [6.45, 7) is 1.99. The summed E-state index contributed by atoms with van der Waals surface area (Å²) in [5.41, 5.74) is 3.12. The fourth-order valence-corrected chi connectivity index (χ4v) is 3.00. The van der Waals surface area contributed by atoms with Crippen molar-refractivity contribution >= 4 is 29.3 Å². The molecule has 0 saturated carbocycles. The molecule has 0 spiro atoms. The summed E-state index contributed by atoms with van der Waals surface area (Å²) in [5, 5.41) is 11.1. The van der Waals surface area contributed by atoms with Crippen molar-refractivity contribution in [3.63, 3.8) is 0 Å². The average Bonchev–Trinajstić information content (AvgIpc) is 3.15. The molecule has 7 nitrogen and oxygen atoms in total. The van der Waals surface area contributed by atoms with Gasteiger partial charge in [-0.25, -0.2) is 0 Å².